The molecule has 0 fully saturated rings. The summed E-state index contributed by atoms with van der Waals surface area (Å²) in [5, 5.41) is 12.4. The molecule has 2 rings (SSSR count). The molecule has 0 amide bonds. The molecule has 2 aromatic rings. The highest BCUT2D eigenvalue weighted by Crippen LogP contribution is 2.28. The van der Waals surface area contributed by atoms with Gasteiger partial charge in [0, 0.05) is 5.56 Å². The molecule has 0 spiro atoms. The molecule has 1 N–H and O–H groups in total. The summed E-state index contributed by atoms with van der Waals surface area (Å²) in [4.78, 5) is 10.6. The van der Waals surface area contributed by atoms with Crippen molar-refractivity contribution in [2.45, 2.75) is 6.92 Å². The van der Waals surface area contributed by atoms with Crippen LogP contribution < -0.4 is 0 Å². The van der Waals surface area contributed by atoms with Gasteiger partial charge in [0.1, 0.15) is 17.3 Å². The van der Waals surface area contributed by atoms with Crippen LogP contribution in [0.15, 0.2) is 12.1 Å². The van der Waals surface area contributed by atoms with Crippen molar-refractivity contribution in [3.8, 4) is 11.3 Å². The average molecular weight is 256 g/mol. The highest BCUT2D eigenvalue weighted by Gasteiger charge is 2.20. The summed E-state index contributed by atoms with van der Waals surface area (Å²) < 4.78 is 30.4. The Bertz CT molecular complexity index is 598. The van der Waals surface area contributed by atoms with Gasteiger partial charge < -0.3 is 5.11 Å². The van der Waals surface area contributed by atoms with E-state index >= 15 is 0 Å². The van der Waals surface area contributed by atoms with Crippen LogP contribution in [0.25, 0.3) is 11.3 Å². The number of aromatic carboxylic acids is 1. The van der Waals surface area contributed by atoms with E-state index in [1.807, 2.05) is 0 Å². The van der Waals surface area contributed by atoms with Gasteiger partial charge in [0.25, 0.3) is 0 Å². The maximum Gasteiger partial charge on any atom is 0.349 e. The Morgan fingerprint density at radius 2 is 2.06 bits per heavy atom. The molecule has 1 heterocycles. The van der Waals surface area contributed by atoms with Crippen LogP contribution in [0.3, 0.4) is 0 Å². The van der Waals surface area contributed by atoms with Crippen molar-refractivity contribution in [1.29, 1.82) is 0 Å². The maximum atomic E-state index is 13.6. The molecule has 4 nitrogen and oxygen atoms in total. The van der Waals surface area contributed by atoms with E-state index < -0.39 is 17.6 Å². The Morgan fingerprint density at radius 3 is 2.71 bits per heavy atom. The van der Waals surface area contributed by atoms with Crippen molar-refractivity contribution in [3.63, 3.8) is 0 Å². The standard InChI is InChI=1S/C10H6F2N2O2S/c1-4-2-7(12)5(3-6(4)11)8-9(10(15)16)17-14-13-8/h2-3H,1H3,(H,15,16). The molecule has 0 bridgehead atoms. The Morgan fingerprint density at radius 1 is 1.35 bits per heavy atom. The van der Waals surface area contributed by atoms with Crippen molar-refractivity contribution in [2.75, 3.05) is 0 Å². The van der Waals surface area contributed by atoms with E-state index in [-0.39, 0.29) is 21.7 Å². The predicted molar refractivity (Wildman–Crippen MR) is 57.0 cm³/mol. The highest BCUT2D eigenvalue weighted by molar-refractivity contribution is 7.08. The lowest BCUT2D eigenvalue weighted by atomic mass is 10.1. The van der Waals surface area contributed by atoms with Crippen LogP contribution in [0.4, 0.5) is 8.78 Å². The van der Waals surface area contributed by atoms with E-state index in [1.165, 1.54) is 6.92 Å². The summed E-state index contributed by atoms with van der Waals surface area (Å²) in [5.41, 5.74) is -0.204. The third kappa shape index (κ3) is 2.01. The minimum Gasteiger partial charge on any atom is -0.477 e. The minimum absolute atomic E-state index is 0.145. The zero-order chi connectivity index (χ0) is 12.6. The van der Waals surface area contributed by atoms with Crippen LogP contribution in [-0.4, -0.2) is 20.7 Å². The van der Waals surface area contributed by atoms with Crippen LogP contribution >= 0.6 is 11.5 Å². The lowest BCUT2D eigenvalue weighted by Crippen LogP contribution is -1.98. The second-order valence-electron chi connectivity index (χ2n) is 3.34. The number of hydrogen-bond donors (Lipinski definition) is 1. The molecule has 7 heteroatoms. The average Bonchev–Trinajstić information content (AvgIpc) is 2.72. The number of nitrogens with zero attached hydrogens (tertiary/aromatic N) is 2. The molecule has 0 saturated carbocycles. The van der Waals surface area contributed by atoms with Crippen LogP contribution in [0.5, 0.6) is 0 Å². The van der Waals surface area contributed by atoms with Gasteiger partial charge in [-0.1, -0.05) is 4.49 Å². The van der Waals surface area contributed by atoms with Crippen LogP contribution in [0.2, 0.25) is 0 Å². The first-order valence-electron chi connectivity index (χ1n) is 4.52. The highest BCUT2D eigenvalue weighted by atomic mass is 32.1. The van der Waals surface area contributed by atoms with E-state index in [4.69, 9.17) is 5.11 Å². The van der Waals surface area contributed by atoms with Crippen LogP contribution in [0.1, 0.15) is 15.2 Å². The van der Waals surface area contributed by atoms with Gasteiger partial charge in [0.15, 0.2) is 4.88 Å². The van der Waals surface area contributed by atoms with Gasteiger partial charge in [-0.15, -0.1) is 5.10 Å². The molecule has 0 unspecified atom stereocenters. The number of halogens is 2. The molecule has 0 saturated heterocycles. The van der Waals surface area contributed by atoms with E-state index in [0.717, 1.165) is 12.1 Å². The molecular weight excluding hydrogens is 250 g/mol. The predicted octanol–water partition coefficient (Wildman–Crippen LogP) is 2.49. The van der Waals surface area contributed by atoms with Gasteiger partial charge in [-0.3, -0.25) is 0 Å². The molecule has 88 valence electrons. The molecule has 0 radical (unpaired) electrons. The number of carboxylic acid groups (broad SMARTS) is 1. The Labute approximate surface area is 98.7 Å². The number of carbonyl (C=O) groups is 1. The summed E-state index contributed by atoms with van der Waals surface area (Å²) in [6.07, 6.45) is 0. The van der Waals surface area contributed by atoms with Crippen molar-refractivity contribution >= 4 is 17.5 Å². The first kappa shape index (κ1) is 11.6. The molecule has 0 atom stereocenters. The molecule has 0 aliphatic rings. The van der Waals surface area contributed by atoms with Gasteiger partial charge in [-0.05, 0) is 36.2 Å². The largest absolute Gasteiger partial charge is 0.477 e. The van der Waals surface area contributed by atoms with Gasteiger partial charge in [-0.2, -0.15) is 0 Å². The monoisotopic (exact) mass is 256 g/mol. The van der Waals surface area contributed by atoms with E-state index in [2.05, 4.69) is 9.59 Å². The second kappa shape index (κ2) is 4.17. The van der Waals surface area contributed by atoms with Crippen molar-refractivity contribution in [1.82, 2.24) is 9.59 Å². The molecule has 0 aliphatic heterocycles. The van der Waals surface area contributed by atoms with E-state index in [0.29, 0.717) is 11.5 Å². The fraction of sp³-hybridized carbons (Fsp3) is 0.100. The first-order chi connectivity index (χ1) is 8.00. The third-order valence-electron chi connectivity index (χ3n) is 2.19. The van der Waals surface area contributed by atoms with E-state index in [9.17, 15) is 13.6 Å². The number of hydrogen-bond acceptors (Lipinski definition) is 4. The second-order valence-corrected chi connectivity index (χ2v) is 4.09. The minimum atomic E-state index is -1.27. The summed E-state index contributed by atoms with van der Waals surface area (Å²) in [7, 11) is 0. The molecular formula is C10H6F2N2O2S. The first-order valence-corrected chi connectivity index (χ1v) is 5.29. The quantitative estimate of drug-likeness (QED) is 0.896. The summed E-state index contributed by atoms with van der Waals surface area (Å²) >= 11 is 0.621. The zero-order valence-electron chi connectivity index (χ0n) is 8.57. The molecule has 0 aliphatic carbocycles. The van der Waals surface area contributed by atoms with Gasteiger partial charge in [-0.25, -0.2) is 13.6 Å². The molecule has 1 aromatic heterocycles. The Hall–Kier alpha value is -1.89. The van der Waals surface area contributed by atoms with Gasteiger partial charge >= 0.3 is 5.97 Å². The van der Waals surface area contributed by atoms with Gasteiger partial charge in [0.2, 0.25) is 0 Å². The van der Waals surface area contributed by atoms with Crippen LogP contribution in [0, 0.1) is 18.6 Å². The summed E-state index contributed by atoms with van der Waals surface area (Å²) in [6.45, 7) is 1.42. The summed E-state index contributed by atoms with van der Waals surface area (Å²) in [5.74, 6) is -2.61. The summed E-state index contributed by atoms with van der Waals surface area (Å²) in [6, 6.07) is 1.92. The lowest BCUT2D eigenvalue weighted by Gasteiger charge is -2.03. The molecule has 1 aromatic carbocycles. The smallest absolute Gasteiger partial charge is 0.349 e. The van der Waals surface area contributed by atoms with E-state index in [1.54, 1.807) is 0 Å². The Balaban J connectivity index is 2.64. The van der Waals surface area contributed by atoms with Crippen molar-refractivity contribution < 1.29 is 18.7 Å². The Kier molecular flexibility index (Phi) is 2.84. The SMILES string of the molecule is Cc1cc(F)c(-c2nnsc2C(=O)O)cc1F. The lowest BCUT2D eigenvalue weighted by molar-refractivity contribution is 0.0702. The van der Waals surface area contributed by atoms with Gasteiger partial charge in [0.05, 0.1) is 0 Å². The fourth-order valence-corrected chi connectivity index (χ4v) is 1.85. The maximum absolute atomic E-state index is 13.6. The fourth-order valence-electron chi connectivity index (χ4n) is 1.33. The third-order valence-corrected chi connectivity index (χ3v) is 2.90. The number of carboxylic acids is 1. The van der Waals surface area contributed by atoms with Crippen molar-refractivity contribution in [3.05, 3.63) is 34.2 Å². The number of rotatable bonds is 2. The number of benzene rings is 1. The zero-order valence-corrected chi connectivity index (χ0v) is 9.39. The van der Waals surface area contributed by atoms with Crippen molar-refractivity contribution in [2.24, 2.45) is 0 Å². The normalized spacial score (nSPS) is 10.5. The molecule has 17 heavy (non-hydrogen) atoms. The number of aromatic nitrogens is 2. The van der Waals surface area contributed by atoms with Crippen LogP contribution in [-0.2, 0) is 0 Å². The number of aryl methyl sites for hydroxylation is 1. The topological polar surface area (TPSA) is 63.1 Å².